The molecule has 3 heteroatoms. The Morgan fingerprint density at radius 2 is 1.86 bits per heavy atom. The fourth-order valence-corrected chi connectivity index (χ4v) is 1.25. The molecule has 0 amide bonds. The molecule has 0 saturated heterocycles. The average Bonchev–Trinajstić information content (AvgIpc) is 2.19. The third-order valence-corrected chi connectivity index (χ3v) is 2.16. The topological polar surface area (TPSA) is 32.7 Å². The molecule has 0 spiro atoms. The molecule has 0 aromatic heterocycles. The Balaban J connectivity index is 3.07. The van der Waals surface area contributed by atoms with Crippen molar-refractivity contribution >= 4 is 0 Å². The van der Waals surface area contributed by atoms with Crippen LogP contribution in [0.1, 0.15) is 32.6 Å². The van der Waals surface area contributed by atoms with Crippen LogP contribution in [0.2, 0.25) is 0 Å². The maximum Gasteiger partial charge on any atom is 0.0593 e. The van der Waals surface area contributed by atoms with E-state index in [4.69, 9.17) is 9.84 Å². The Morgan fingerprint density at radius 1 is 1.07 bits per heavy atom. The fraction of sp³-hybridized carbons (Fsp3) is 1.00. The van der Waals surface area contributed by atoms with Crippen molar-refractivity contribution in [1.82, 2.24) is 4.90 Å². The van der Waals surface area contributed by atoms with E-state index in [1.807, 2.05) is 0 Å². The highest BCUT2D eigenvalue weighted by atomic mass is 16.5. The lowest BCUT2D eigenvalue weighted by Crippen LogP contribution is -2.24. The number of likely N-dealkylation sites (N-methyl/N-ethyl adjacent to an activating group) is 1. The first-order valence-electron chi connectivity index (χ1n) is 5.68. The van der Waals surface area contributed by atoms with Crippen LogP contribution in [0.25, 0.3) is 0 Å². The fourth-order valence-electron chi connectivity index (χ4n) is 1.25. The van der Waals surface area contributed by atoms with Gasteiger partial charge in [0, 0.05) is 19.8 Å². The molecule has 0 aliphatic carbocycles. The van der Waals surface area contributed by atoms with E-state index in [0.29, 0.717) is 6.61 Å². The van der Waals surface area contributed by atoms with E-state index in [9.17, 15) is 0 Å². The van der Waals surface area contributed by atoms with E-state index >= 15 is 0 Å². The molecule has 3 nitrogen and oxygen atoms in total. The first-order chi connectivity index (χ1) is 6.81. The largest absolute Gasteiger partial charge is 0.396 e. The van der Waals surface area contributed by atoms with E-state index in [2.05, 4.69) is 18.9 Å². The molecule has 0 aromatic rings. The third-order valence-electron chi connectivity index (χ3n) is 2.16. The Kier molecular flexibility index (Phi) is 10.9. The predicted octanol–water partition coefficient (Wildman–Crippen LogP) is 1.51. The van der Waals surface area contributed by atoms with Crippen molar-refractivity contribution in [2.45, 2.75) is 32.6 Å². The summed E-state index contributed by atoms with van der Waals surface area (Å²) in [6.07, 6.45) is 4.32. The number of aliphatic hydroxyl groups is 1. The zero-order valence-corrected chi connectivity index (χ0v) is 9.67. The van der Waals surface area contributed by atoms with Crippen molar-refractivity contribution in [3.8, 4) is 0 Å². The predicted molar refractivity (Wildman–Crippen MR) is 59.5 cm³/mol. The van der Waals surface area contributed by atoms with Gasteiger partial charge in [0.15, 0.2) is 0 Å². The molecule has 0 aliphatic rings. The second-order valence-electron chi connectivity index (χ2n) is 3.70. The summed E-state index contributed by atoms with van der Waals surface area (Å²) in [7, 11) is 2.12. The van der Waals surface area contributed by atoms with Gasteiger partial charge in [-0.05, 0) is 39.3 Å². The van der Waals surface area contributed by atoms with Gasteiger partial charge in [0.25, 0.3) is 0 Å². The van der Waals surface area contributed by atoms with Gasteiger partial charge in [0.05, 0.1) is 6.61 Å². The van der Waals surface area contributed by atoms with Crippen molar-refractivity contribution in [2.24, 2.45) is 0 Å². The minimum Gasteiger partial charge on any atom is -0.396 e. The maximum absolute atomic E-state index is 8.60. The Bertz CT molecular complexity index is 97.5. The highest BCUT2D eigenvalue weighted by molar-refractivity contribution is 4.51. The van der Waals surface area contributed by atoms with Crippen LogP contribution in [-0.4, -0.2) is 50.0 Å². The standard InChI is InChI=1S/C11H25NO2/c1-3-10-14-11-8-12(2)7-5-4-6-9-13/h13H,3-11H2,1-2H3. The molecule has 0 aromatic carbocycles. The lowest BCUT2D eigenvalue weighted by molar-refractivity contribution is 0.111. The lowest BCUT2D eigenvalue weighted by Gasteiger charge is -2.16. The summed E-state index contributed by atoms with van der Waals surface area (Å²) >= 11 is 0. The van der Waals surface area contributed by atoms with Crippen LogP contribution < -0.4 is 0 Å². The van der Waals surface area contributed by atoms with Crippen LogP contribution in [0.5, 0.6) is 0 Å². The van der Waals surface area contributed by atoms with Gasteiger partial charge in [-0.1, -0.05) is 6.92 Å². The van der Waals surface area contributed by atoms with E-state index in [1.54, 1.807) is 0 Å². The summed E-state index contributed by atoms with van der Waals surface area (Å²) in [6, 6.07) is 0. The quantitative estimate of drug-likeness (QED) is 0.546. The number of hydrogen-bond donors (Lipinski definition) is 1. The van der Waals surface area contributed by atoms with E-state index in [-0.39, 0.29) is 0 Å². The average molecular weight is 203 g/mol. The lowest BCUT2D eigenvalue weighted by atomic mass is 10.2. The summed E-state index contributed by atoms with van der Waals surface area (Å²) in [5.41, 5.74) is 0. The van der Waals surface area contributed by atoms with Gasteiger partial charge >= 0.3 is 0 Å². The molecule has 0 atom stereocenters. The monoisotopic (exact) mass is 203 g/mol. The van der Waals surface area contributed by atoms with Crippen LogP contribution in [0, 0.1) is 0 Å². The SMILES string of the molecule is CCCOCCN(C)CCCCCO. The zero-order chi connectivity index (χ0) is 10.6. The Morgan fingerprint density at radius 3 is 2.50 bits per heavy atom. The molecule has 0 saturated carbocycles. The van der Waals surface area contributed by atoms with E-state index < -0.39 is 0 Å². The zero-order valence-electron chi connectivity index (χ0n) is 9.67. The van der Waals surface area contributed by atoms with Gasteiger partial charge < -0.3 is 14.7 Å². The molecule has 0 bridgehead atoms. The highest BCUT2D eigenvalue weighted by Gasteiger charge is 1.97. The molecule has 0 heterocycles. The Labute approximate surface area is 88.1 Å². The number of hydrogen-bond acceptors (Lipinski definition) is 3. The van der Waals surface area contributed by atoms with Crippen LogP contribution in [0.15, 0.2) is 0 Å². The van der Waals surface area contributed by atoms with Gasteiger partial charge in [-0.3, -0.25) is 0 Å². The highest BCUT2D eigenvalue weighted by Crippen LogP contribution is 1.96. The van der Waals surface area contributed by atoms with Crippen LogP contribution in [0.3, 0.4) is 0 Å². The summed E-state index contributed by atoms with van der Waals surface area (Å²) in [6.45, 7) is 6.28. The van der Waals surface area contributed by atoms with Crippen molar-refractivity contribution in [2.75, 3.05) is 40.0 Å². The number of ether oxygens (including phenoxy) is 1. The molecule has 0 fully saturated rings. The van der Waals surface area contributed by atoms with Crippen molar-refractivity contribution in [3.05, 3.63) is 0 Å². The second-order valence-corrected chi connectivity index (χ2v) is 3.70. The number of unbranched alkanes of at least 4 members (excludes halogenated alkanes) is 2. The number of rotatable bonds is 10. The molecular formula is C11H25NO2. The van der Waals surface area contributed by atoms with Gasteiger partial charge in [-0.2, -0.15) is 0 Å². The molecule has 0 unspecified atom stereocenters. The van der Waals surface area contributed by atoms with E-state index in [1.165, 1.54) is 6.42 Å². The molecule has 0 rings (SSSR count). The number of nitrogens with zero attached hydrogens (tertiary/aromatic N) is 1. The normalized spacial score (nSPS) is 11.1. The molecule has 0 aliphatic heterocycles. The van der Waals surface area contributed by atoms with Gasteiger partial charge in [0.2, 0.25) is 0 Å². The third kappa shape index (κ3) is 9.96. The van der Waals surface area contributed by atoms with Crippen LogP contribution in [0.4, 0.5) is 0 Å². The molecule has 0 radical (unpaired) electrons. The smallest absolute Gasteiger partial charge is 0.0593 e. The minimum atomic E-state index is 0.323. The summed E-state index contributed by atoms with van der Waals surface area (Å²) in [4.78, 5) is 2.28. The van der Waals surface area contributed by atoms with Crippen molar-refractivity contribution in [1.29, 1.82) is 0 Å². The van der Waals surface area contributed by atoms with Crippen LogP contribution >= 0.6 is 0 Å². The van der Waals surface area contributed by atoms with Crippen molar-refractivity contribution < 1.29 is 9.84 Å². The molecular weight excluding hydrogens is 178 g/mol. The summed E-state index contributed by atoms with van der Waals surface area (Å²) in [5, 5.41) is 8.60. The Hall–Kier alpha value is -0.120. The van der Waals surface area contributed by atoms with E-state index in [0.717, 1.165) is 45.6 Å². The second kappa shape index (κ2) is 11.0. The van der Waals surface area contributed by atoms with Crippen LogP contribution in [-0.2, 0) is 4.74 Å². The van der Waals surface area contributed by atoms with Gasteiger partial charge in [0.1, 0.15) is 0 Å². The van der Waals surface area contributed by atoms with Crippen molar-refractivity contribution in [3.63, 3.8) is 0 Å². The summed E-state index contributed by atoms with van der Waals surface area (Å²) in [5.74, 6) is 0. The first-order valence-corrected chi connectivity index (χ1v) is 5.68. The van der Waals surface area contributed by atoms with Gasteiger partial charge in [-0.15, -0.1) is 0 Å². The maximum atomic E-state index is 8.60. The molecule has 86 valence electrons. The minimum absolute atomic E-state index is 0.323. The van der Waals surface area contributed by atoms with Gasteiger partial charge in [-0.25, -0.2) is 0 Å². The molecule has 1 N–H and O–H groups in total. The molecule has 14 heavy (non-hydrogen) atoms. The summed E-state index contributed by atoms with van der Waals surface area (Å²) < 4.78 is 5.40. The first kappa shape index (κ1) is 13.9. The number of aliphatic hydroxyl groups excluding tert-OH is 1.